The molecule has 24 heavy (non-hydrogen) atoms. The highest BCUT2D eigenvalue weighted by molar-refractivity contribution is 5.74. The summed E-state index contributed by atoms with van der Waals surface area (Å²) in [6.45, 7) is 6.61. The minimum atomic E-state index is -0.0262. The standard InChI is InChI=1S/C18H28N4O2/c1-15-14-22(10-11-24-15)18(23)20-13-16-6-7-17(19-12-16)21-8-4-2-3-5-9-21/h6-7,12,15H,2-5,8-11,13-14H2,1H3,(H,20,23)/t15-/m0/s1. The molecular weight excluding hydrogens is 304 g/mol. The Kier molecular flexibility index (Phi) is 5.91. The lowest BCUT2D eigenvalue weighted by Gasteiger charge is -2.31. The maximum Gasteiger partial charge on any atom is 0.317 e. The molecule has 132 valence electrons. The number of hydrogen-bond acceptors (Lipinski definition) is 4. The molecule has 3 heterocycles. The van der Waals surface area contributed by atoms with Crippen molar-refractivity contribution in [3.05, 3.63) is 23.9 Å². The molecule has 1 aromatic heterocycles. The van der Waals surface area contributed by atoms with Gasteiger partial charge in [0, 0.05) is 38.9 Å². The fraction of sp³-hybridized carbons (Fsp3) is 0.667. The molecule has 2 fully saturated rings. The van der Waals surface area contributed by atoms with E-state index < -0.39 is 0 Å². The monoisotopic (exact) mass is 332 g/mol. The molecule has 2 saturated heterocycles. The Balaban J connectivity index is 1.49. The molecule has 1 aromatic rings. The summed E-state index contributed by atoms with van der Waals surface area (Å²) in [5, 5.41) is 2.98. The second-order valence-electron chi connectivity index (χ2n) is 6.71. The van der Waals surface area contributed by atoms with Crippen LogP contribution in [0.25, 0.3) is 0 Å². The molecule has 1 N–H and O–H groups in total. The van der Waals surface area contributed by atoms with Gasteiger partial charge in [-0.3, -0.25) is 0 Å². The smallest absolute Gasteiger partial charge is 0.317 e. The van der Waals surface area contributed by atoms with Crippen molar-refractivity contribution in [3.63, 3.8) is 0 Å². The van der Waals surface area contributed by atoms with Crippen molar-refractivity contribution in [2.24, 2.45) is 0 Å². The number of nitrogens with zero attached hydrogens (tertiary/aromatic N) is 3. The van der Waals surface area contributed by atoms with E-state index in [-0.39, 0.29) is 12.1 Å². The number of aromatic nitrogens is 1. The number of rotatable bonds is 3. The number of carbonyl (C=O) groups is 1. The van der Waals surface area contributed by atoms with Crippen LogP contribution < -0.4 is 10.2 Å². The van der Waals surface area contributed by atoms with Crippen molar-refractivity contribution >= 4 is 11.8 Å². The van der Waals surface area contributed by atoms with Crippen molar-refractivity contribution in [2.45, 2.75) is 45.3 Å². The summed E-state index contributed by atoms with van der Waals surface area (Å²) in [6, 6.07) is 4.11. The summed E-state index contributed by atoms with van der Waals surface area (Å²) in [6.07, 6.45) is 7.12. The van der Waals surface area contributed by atoms with Gasteiger partial charge in [-0.25, -0.2) is 9.78 Å². The average Bonchev–Trinajstić information content (AvgIpc) is 2.89. The summed E-state index contributed by atoms with van der Waals surface area (Å²) >= 11 is 0. The first kappa shape index (κ1) is 17.0. The van der Waals surface area contributed by atoms with E-state index in [0.29, 0.717) is 26.2 Å². The van der Waals surface area contributed by atoms with Crippen LogP contribution in [-0.2, 0) is 11.3 Å². The minimum Gasteiger partial charge on any atom is -0.375 e. The largest absolute Gasteiger partial charge is 0.375 e. The van der Waals surface area contributed by atoms with Crippen LogP contribution in [0.2, 0.25) is 0 Å². The second kappa shape index (κ2) is 8.33. The van der Waals surface area contributed by atoms with Gasteiger partial charge in [-0.15, -0.1) is 0 Å². The van der Waals surface area contributed by atoms with Gasteiger partial charge in [0.15, 0.2) is 0 Å². The third-order valence-corrected chi connectivity index (χ3v) is 4.71. The molecule has 0 unspecified atom stereocenters. The van der Waals surface area contributed by atoms with Crippen LogP contribution in [0.3, 0.4) is 0 Å². The predicted octanol–water partition coefficient (Wildman–Crippen LogP) is 2.39. The molecule has 0 aromatic carbocycles. The lowest BCUT2D eigenvalue weighted by molar-refractivity contribution is -0.00351. The SMILES string of the molecule is C[C@H]1CN(C(=O)NCc2ccc(N3CCCCCC3)nc2)CCO1. The lowest BCUT2D eigenvalue weighted by Crippen LogP contribution is -2.48. The highest BCUT2D eigenvalue weighted by Crippen LogP contribution is 2.17. The van der Waals surface area contributed by atoms with Crippen molar-refractivity contribution in [1.82, 2.24) is 15.2 Å². The van der Waals surface area contributed by atoms with Crippen LogP contribution in [0.4, 0.5) is 10.6 Å². The fourth-order valence-corrected chi connectivity index (χ4v) is 3.30. The van der Waals surface area contributed by atoms with Gasteiger partial charge in [0.1, 0.15) is 5.82 Å². The fourth-order valence-electron chi connectivity index (χ4n) is 3.30. The first-order valence-corrected chi connectivity index (χ1v) is 9.06. The van der Waals surface area contributed by atoms with Crippen LogP contribution in [0.1, 0.15) is 38.2 Å². The molecule has 0 spiro atoms. The Labute approximate surface area is 144 Å². The van der Waals surface area contributed by atoms with Crippen LogP contribution in [0.5, 0.6) is 0 Å². The molecule has 0 radical (unpaired) electrons. The zero-order valence-electron chi connectivity index (χ0n) is 14.5. The van der Waals surface area contributed by atoms with Crippen molar-refractivity contribution < 1.29 is 9.53 Å². The van der Waals surface area contributed by atoms with Gasteiger partial charge in [0.2, 0.25) is 0 Å². The molecule has 0 aliphatic carbocycles. The van der Waals surface area contributed by atoms with Crippen molar-refractivity contribution in [2.75, 3.05) is 37.7 Å². The summed E-state index contributed by atoms with van der Waals surface area (Å²) in [5.41, 5.74) is 1.03. The van der Waals surface area contributed by atoms with E-state index in [9.17, 15) is 4.79 Å². The molecule has 2 aliphatic heterocycles. The zero-order valence-corrected chi connectivity index (χ0v) is 14.5. The van der Waals surface area contributed by atoms with E-state index in [0.717, 1.165) is 24.5 Å². The predicted molar refractivity (Wildman–Crippen MR) is 94.1 cm³/mol. The third-order valence-electron chi connectivity index (χ3n) is 4.71. The Morgan fingerprint density at radius 3 is 2.71 bits per heavy atom. The maximum atomic E-state index is 12.2. The number of ether oxygens (including phenoxy) is 1. The molecular formula is C18H28N4O2. The molecule has 0 saturated carbocycles. The van der Waals surface area contributed by atoms with Crippen LogP contribution in [-0.4, -0.2) is 54.8 Å². The van der Waals surface area contributed by atoms with E-state index in [1.807, 2.05) is 18.0 Å². The van der Waals surface area contributed by atoms with Gasteiger partial charge in [-0.05, 0) is 31.4 Å². The number of urea groups is 1. The molecule has 1 atom stereocenters. The summed E-state index contributed by atoms with van der Waals surface area (Å²) in [5.74, 6) is 1.05. The first-order chi connectivity index (χ1) is 11.7. The number of amides is 2. The normalized spacial score (nSPS) is 22.1. The Hall–Kier alpha value is -1.82. The van der Waals surface area contributed by atoms with Gasteiger partial charge < -0.3 is 19.9 Å². The van der Waals surface area contributed by atoms with E-state index in [4.69, 9.17) is 4.74 Å². The van der Waals surface area contributed by atoms with E-state index in [1.54, 1.807) is 0 Å². The lowest BCUT2D eigenvalue weighted by atomic mass is 10.2. The highest BCUT2D eigenvalue weighted by Gasteiger charge is 2.21. The van der Waals surface area contributed by atoms with E-state index in [1.165, 1.54) is 25.7 Å². The van der Waals surface area contributed by atoms with E-state index in [2.05, 4.69) is 27.3 Å². The number of pyridine rings is 1. The number of hydrogen-bond donors (Lipinski definition) is 1. The quantitative estimate of drug-likeness (QED) is 0.923. The summed E-state index contributed by atoms with van der Waals surface area (Å²) in [4.78, 5) is 21.0. The second-order valence-corrected chi connectivity index (χ2v) is 6.71. The van der Waals surface area contributed by atoms with Crippen LogP contribution in [0.15, 0.2) is 18.3 Å². The van der Waals surface area contributed by atoms with Crippen molar-refractivity contribution in [1.29, 1.82) is 0 Å². The Morgan fingerprint density at radius 2 is 2.04 bits per heavy atom. The van der Waals surface area contributed by atoms with Gasteiger partial charge in [0.05, 0.1) is 12.7 Å². The molecule has 3 rings (SSSR count). The Bertz CT molecular complexity index is 526. The summed E-state index contributed by atoms with van der Waals surface area (Å²) in [7, 11) is 0. The van der Waals surface area contributed by atoms with Crippen molar-refractivity contribution in [3.8, 4) is 0 Å². The number of anilines is 1. The molecule has 0 bridgehead atoms. The van der Waals surface area contributed by atoms with Crippen LogP contribution in [0, 0.1) is 0 Å². The number of nitrogens with one attached hydrogen (secondary N) is 1. The van der Waals surface area contributed by atoms with Gasteiger partial charge in [0.25, 0.3) is 0 Å². The van der Waals surface area contributed by atoms with Gasteiger partial charge in [-0.2, -0.15) is 0 Å². The van der Waals surface area contributed by atoms with E-state index >= 15 is 0 Å². The topological polar surface area (TPSA) is 57.7 Å². The average molecular weight is 332 g/mol. The van der Waals surface area contributed by atoms with Gasteiger partial charge >= 0.3 is 6.03 Å². The number of morpholine rings is 1. The third kappa shape index (κ3) is 4.60. The molecule has 2 amide bonds. The van der Waals surface area contributed by atoms with Gasteiger partial charge in [-0.1, -0.05) is 18.9 Å². The highest BCUT2D eigenvalue weighted by atomic mass is 16.5. The molecule has 6 heteroatoms. The molecule has 6 nitrogen and oxygen atoms in total. The minimum absolute atomic E-state index is 0.0262. The van der Waals surface area contributed by atoms with Crippen LogP contribution >= 0.6 is 0 Å². The number of carbonyl (C=O) groups excluding carboxylic acids is 1. The first-order valence-electron chi connectivity index (χ1n) is 9.06. The zero-order chi connectivity index (χ0) is 16.8. The summed E-state index contributed by atoms with van der Waals surface area (Å²) < 4.78 is 5.46. The molecule has 2 aliphatic rings. The maximum absolute atomic E-state index is 12.2. The Morgan fingerprint density at radius 1 is 1.25 bits per heavy atom.